The number of ether oxygens (including phenoxy) is 2. The summed E-state index contributed by atoms with van der Waals surface area (Å²) in [6, 6.07) is 3.19. The lowest BCUT2D eigenvalue weighted by atomic mass is 10.1. The van der Waals surface area contributed by atoms with Gasteiger partial charge in [0.2, 0.25) is 0 Å². The maximum Gasteiger partial charge on any atom is 0.337 e. The fourth-order valence-electron chi connectivity index (χ4n) is 2.27. The number of anilines is 1. The molecule has 5 heteroatoms. The molecule has 0 radical (unpaired) electrons. The predicted octanol–water partition coefficient (Wildman–Crippen LogP) is 3.03. The molecule has 112 valence electrons. The zero-order chi connectivity index (χ0) is 15.1. The van der Waals surface area contributed by atoms with Crippen molar-refractivity contribution in [3.8, 4) is 11.5 Å². The number of carboxylic acids is 1. The van der Waals surface area contributed by atoms with E-state index in [0.717, 1.165) is 25.9 Å². The van der Waals surface area contributed by atoms with Crippen LogP contribution < -0.4 is 14.4 Å². The van der Waals surface area contributed by atoms with E-state index in [1.165, 1.54) is 7.11 Å². The van der Waals surface area contributed by atoms with E-state index in [9.17, 15) is 9.90 Å². The van der Waals surface area contributed by atoms with Gasteiger partial charge in [-0.1, -0.05) is 13.8 Å². The fraction of sp³-hybridized carbons (Fsp3) is 0.533. The Hall–Kier alpha value is -1.91. The molecule has 0 amide bonds. The van der Waals surface area contributed by atoms with E-state index in [1.54, 1.807) is 19.2 Å². The summed E-state index contributed by atoms with van der Waals surface area (Å²) in [4.78, 5) is 13.5. The molecule has 0 saturated heterocycles. The standard InChI is InChI=1S/C15H23NO4/c1-5-9-16(10-6-2)13-11(15(17)18)7-8-12(19-3)14(13)20-4/h7-8H,5-6,9-10H2,1-4H3,(H,17,18). The van der Waals surface area contributed by atoms with E-state index in [0.29, 0.717) is 17.2 Å². The van der Waals surface area contributed by atoms with Gasteiger partial charge in [0.15, 0.2) is 11.5 Å². The Bertz CT molecular complexity index is 453. The summed E-state index contributed by atoms with van der Waals surface area (Å²) in [6.45, 7) is 5.68. The molecule has 0 atom stereocenters. The van der Waals surface area contributed by atoms with Crippen LogP contribution in [-0.4, -0.2) is 38.4 Å². The summed E-state index contributed by atoms with van der Waals surface area (Å²) in [6.07, 6.45) is 1.86. The zero-order valence-electron chi connectivity index (χ0n) is 12.6. The molecule has 0 aliphatic heterocycles. The van der Waals surface area contributed by atoms with Crippen molar-refractivity contribution in [2.24, 2.45) is 0 Å². The topological polar surface area (TPSA) is 59.0 Å². The summed E-state index contributed by atoms with van der Waals surface area (Å²) in [7, 11) is 3.08. The van der Waals surface area contributed by atoms with Gasteiger partial charge in [0, 0.05) is 13.1 Å². The normalized spacial score (nSPS) is 10.2. The predicted molar refractivity (Wildman–Crippen MR) is 79.3 cm³/mol. The maximum atomic E-state index is 11.5. The minimum absolute atomic E-state index is 0.240. The van der Waals surface area contributed by atoms with E-state index >= 15 is 0 Å². The minimum Gasteiger partial charge on any atom is -0.493 e. The molecule has 0 spiro atoms. The van der Waals surface area contributed by atoms with Crippen LogP contribution in [0.1, 0.15) is 37.0 Å². The third-order valence-electron chi connectivity index (χ3n) is 3.05. The molecule has 1 rings (SSSR count). The van der Waals surface area contributed by atoms with E-state index < -0.39 is 5.97 Å². The van der Waals surface area contributed by atoms with Gasteiger partial charge < -0.3 is 19.5 Å². The quantitative estimate of drug-likeness (QED) is 0.793. The second kappa shape index (κ2) is 7.62. The van der Waals surface area contributed by atoms with Crippen LogP contribution in [0.4, 0.5) is 5.69 Å². The Balaban J connectivity index is 3.46. The third kappa shape index (κ3) is 3.35. The van der Waals surface area contributed by atoms with Crippen LogP contribution in [-0.2, 0) is 0 Å². The van der Waals surface area contributed by atoms with Crippen LogP contribution in [0.25, 0.3) is 0 Å². The highest BCUT2D eigenvalue weighted by molar-refractivity contribution is 5.97. The highest BCUT2D eigenvalue weighted by atomic mass is 16.5. The van der Waals surface area contributed by atoms with Crippen LogP contribution >= 0.6 is 0 Å². The Morgan fingerprint density at radius 2 is 1.75 bits per heavy atom. The van der Waals surface area contributed by atoms with Crippen molar-refractivity contribution < 1.29 is 19.4 Å². The summed E-state index contributed by atoms with van der Waals surface area (Å²) >= 11 is 0. The Morgan fingerprint density at radius 1 is 1.15 bits per heavy atom. The molecule has 0 aliphatic rings. The lowest BCUT2D eigenvalue weighted by Gasteiger charge is -2.28. The molecule has 0 aliphatic carbocycles. The van der Waals surface area contributed by atoms with Gasteiger partial charge in [-0.3, -0.25) is 0 Å². The Labute approximate surface area is 120 Å². The van der Waals surface area contributed by atoms with Crippen LogP contribution in [0.2, 0.25) is 0 Å². The number of methoxy groups -OCH3 is 2. The average Bonchev–Trinajstić information content (AvgIpc) is 2.45. The van der Waals surface area contributed by atoms with Crippen molar-refractivity contribution in [3.63, 3.8) is 0 Å². The molecule has 0 heterocycles. The summed E-state index contributed by atoms with van der Waals surface area (Å²) in [5, 5.41) is 9.41. The number of hydrogen-bond donors (Lipinski definition) is 1. The van der Waals surface area contributed by atoms with E-state index in [1.807, 2.05) is 4.90 Å². The number of carboxylic acid groups (broad SMARTS) is 1. The molecular weight excluding hydrogens is 258 g/mol. The number of benzene rings is 1. The highest BCUT2D eigenvalue weighted by Crippen LogP contribution is 2.40. The molecule has 0 saturated carbocycles. The van der Waals surface area contributed by atoms with Gasteiger partial charge in [-0.15, -0.1) is 0 Å². The number of rotatable bonds is 8. The molecule has 1 aromatic carbocycles. The van der Waals surface area contributed by atoms with Gasteiger partial charge in [0.1, 0.15) is 0 Å². The number of aromatic carboxylic acids is 1. The van der Waals surface area contributed by atoms with Gasteiger partial charge in [-0.25, -0.2) is 4.79 Å². The molecule has 0 aromatic heterocycles. The lowest BCUT2D eigenvalue weighted by Crippen LogP contribution is -2.27. The first kappa shape index (κ1) is 16.1. The first-order valence-corrected chi connectivity index (χ1v) is 6.83. The molecule has 0 bridgehead atoms. The monoisotopic (exact) mass is 281 g/mol. The smallest absolute Gasteiger partial charge is 0.337 e. The van der Waals surface area contributed by atoms with Crippen LogP contribution in [0.5, 0.6) is 11.5 Å². The van der Waals surface area contributed by atoms with Gasteiger partial charge in [-0.2, -0.15) is 0 Å². The third-order valence-corrected chi connectivity index (χ3v) is 3.05. The van der Waals surface area contributed by atoms with Crippen LogP contribution in [0.3, 0.4) is 0 Å². The molecule has 0 unspecified atom stereocenters. The van der Waals surface area contributed by atoms with Crippen molar-refractivity contribution in [2.75, 3.05) is 32.2 Å². The van der Waals surface area contributed by atoms with Gasteiger partial charge in [0.25, 0.3) is 0 Å². The van der Waals surface area contributed by atoms with Crippen molar-refractivity contribution in [2.45, 2.75) is 26.7 Å². The average molecular weight is 281 g/mol. The van der Waals surface area contributed by atoms with Crippen molar-refractivity contribution in [1.82, 2.24) is 0 Å². The molecule has 20 heavy (non-hydrogen) atoms. The molecule has 1 aromatic rings. The van der Waals surface area contributed by atoms with E-state index in [-0.39, 0.29) is 5.56 Å². The van der Waals surface area contributed by atoms with Crippen LogP contribution in [0.15, 0.2) is 12.1 Å². The van der Waals surface area contributed by atoms with Gasteiger partial charge in [-0.05, 0) is 25.0 Å². The van der Waals surface area contributed by atoms with Crippen molar-refractivity contribution in [3.05, 3.63) is 17.7 Å². The number of carbonyl (C=O) groups is 1. The maximum absolute atomic E-state index is 11.5. The number of hydrogen-bond acceptors (Lipinski definition) is 4. The molecular formula is C15H23NO4. The first-order valence-electron chi connectivity index (χ1n) is 6.83. The molecule has 1 N–H and O–H groups in total. The minimum atomic E-state index is -0.960. The van der Waals surface area contributed by atoms with Gasteiger partial charge >= 0.3 is 5.97 Å². The largest absolute Gasteiger partial charge is 0.493 e. The van der Waals surface area contributed by atoms with Crippen molar-refractivity contribution >= 4 is 11.7 Å². The summed E-state index contributed by atoms with van der Waals surface area (Å²) in [5.74, 6) is 0.0668. The zero-order valence-corrected chi connectivity index (χ0v) is 12.6. The van der Waals surface area contributed by atoms with Gasteiger partial charge in [0.05, 0.1) is 25.5 Å². The second-order valence-electron chi connectivity index (χ2n) is 4.49. The Kier molecular flexibility index (Phi) is 6.15. The second-order valence-corrected chi connectivity index (χ2v) is 4.49. The first-order chi connectivity index (χ1) is 9.60. The SMILES string of the molecule is CCCN(CCC)c1c(C(=O)O)ccc(OC)c1OC. The number of nitrogens with zero attached hydrogens (tertiary/aromatic N) is 1. The van der Waals surface area contributed by atoms with Crippen molar-refractivity contribution in [1.29, 1.82) is 0 Å². The van der Waals surface area contributed by atoms with E-state index in [2.05, 4.69) is 13.8 Å². The lowest BCUT2D eigenvalue weighted by molar-refractivity contribution is 0.0697. The van der Waals surface area contributed by atoms with Crippen LogP contribution in [0, 0.1) is 0 Å². The Morgan fingerprint density at radius 3 is 2.15 bits per heavy atom. The summed E-state index contributed by atoms with van der Waals surface area (Å²) in [5.41, 5.74) is 0.840. The summed E-state index contributed by atoms with van der Waals surface area (Å²) < 4.78 is 10.7. The molecule has 5 nitrogen and oxygen atoms in total. The fourth-order valence-corrected chi connectivity index (χ4v) is 2.27. The van der Waals surface area contributed by atoms with E-state index in [4.69, 9.17) is 9.47 Å². The molecule has 0 fully saturated rings. The highest BCUT2D eigenvalue weighted by Gasteiger charge is 2.23.